The number of esters is 1. The van der Waals surface area contributed by atoms with Crippen molar-refractivity contribution in [2.24, 2.45) is 11.8 Å². The Labute approximate surface area is 222 Å². The van der Waals surface area contributed by atoms with Gasteiger partial charge in [-0.1, -0.05) is 12.1 Å². The van der Waals surface area contributed by atoms with Crippen LogP contribution >= 0.6 is 0 Å². The van der Waals surface area contributed by atoms with Crippen molar-refractivity contribution in [1.29, 1.82) is 0 Å². The third-order valence-corrected chi connectivity index (χ3v) is 7.71. The summed E-state index contributed by atoms with van der Waals surface area (Å²) in [6, 6.07) is 15.6. The molecule has 4 atom stereocenters. The van der Waals surface area contributed by atoms with Crippen molar-refractivity contribution in [2.45, 2.75) is 24.9 Å². The molecule has 3 aromatic carbocycles. The van der Waals surface area contributed by atoms with Gasteiger partial charge < -0.3 is 15.2 Å². The quantitative estimate of drug-likeness (QED) is 0.343. The van der Waals surface area contributed by atoms with E-state index < -0.39 is 52.9 Å². The Morgan fingerprint density at radius 3 is 2.44 bits per heavy atom. The number of anilines is 2. The summed E-state index contributed by atoms with van der Waals surface area (Å²) < 4.78 is 19.4. The second-order valence-electron chi connectivity index (χ2n) is 9.86. The van der Waals surface area contributed by atoms with Gasteiger partial charge in [0.05, 0.1) is 29.7 Å². The normalized spacial score (nSPS) is 25.1. The summed E-state index contributed by atoms with van der Waals surface area (Å²) in [4.78, 5) is 54.7. The Bertz CT molecular complexity index is 1520. The highest BCUT2D eigenvalue weighted by molar-refractivity contribution is 6.25. The van der Waals surface area contributed by atoms with Crippen LogP contribution in [0, 0.1) is 17.7 Å². The molecule has 3 aliphatic heterocycles. The van der Waals surface area contributed by atoms with Crippen LogP contribution in [0.2, 0.25) is 0 Å². The molecule has 2 fully saturated rings. The van der Waals surface area contributed by atoms with Gasteiger partial charge in [-0.15, -0.1) is 0 Å². The van der Waals surface area contributed by atoms with Crippen LogP contribution in [-0.2, 0) is 31.1 Å². The highest BCUT2D eigenvalue weighted by Crippen LogP contribution is 2.54. The topological polar surface area (TPSA) is 125 Å². The molecule has 3 amide bonds. The summed E-state index contributed by atoms with van der Waals surface area (Å²) in [6.07, 6.45) is 0.274. The standard InChI is InChI=1S/C29H24FN3O6/c1-2-39-27(37)16-5-8-18(9-6-16)33-25(35)23-22(13-15-3-10-19(34)11-4-15)32-29(24(23)26(33)36)20-14-17(30)7-12-21(20)31-28(29)38/h3-12,14,22-24,32,34H,2,13H2,1H3,(H,31,38)/t22-,23-,24+,29+/m1/s1. The third-order valence-electron chi connectivity index (χ3n) is 7.71. The number of benzene rings is 3. The van der Waals surface area contributed by atoms with E-state index in [4.69, 9.17) is 4.74 Å². The summed E-state index contributed by atoms with van der Waals surface area (Å²) in [5.41, 5.74) is 0.283. The first kappa shape index (κ1) is 24.7. The molecule has 0 bridgehead atoms. The number of carbonyl (C=O) groups excluding carboxylic acids is 4. The van der Waals surface area contributed by atoms with Crippen LogP contribution < -0.4 is 15.5 Å². The van der Waals surface area contributed by atoms with Gasteiger partial charge in [0.1, 0.15) is 17.1 Å². The van der Waals surface area contributed by atoms with Gasteiger partial charge >= 0.3 is 5.97 Å². The average molecular weight is 530 g/mol. The first-order valence-corrected chi connectivity index (χ1v) is 12.6. The number of ether oxygens (including phenoxy) is 1. The number of fused-ring (bicyclic) bond motifs is 4. The first-order valence-electron chi connectivity index (χ1n) is 12.6. The van der Waals surface area contributed by atoms with Crippen molar-refractivity contribution >= 4 is 35.1 Å². The fourth-order valence-electron chi connectivity index (χ4n) is 6.05. The Morgan fingerprint density at radius 2 is 1.74 bits per heavy atom. The van der Waals surface area contributed by atoms with Gasteiger partial charge in [0.15, 0.2) is 0 Å². The number of halogens is 1. The monoisotopic (exact) mass is 529 g/mol. The van der Waals surface area contributed by atoms with Crippen molar-refractivity contribution in [3.63, 3.8) is 0 Å². The molecular weight excluding hydrogens is 505 g/mol. The van der Waals surface area contributed by atoms with Gasteiger partial charge in [-0.3, -0.25) is 19.7 Å². The number of rotatable bonds is 5. The number of phenolic OH excluding ortho intramolecular Hbond substituents is 1. The van der Waals surface area contributed by atoms with E-state index in [2.05, 4.69) is 10.6 Å². The molecule has 6 rings (SSSR count). The highest BCUT2D eigenvalue weighted by Gasteiger charge is 2.70. The maximum Gasteiger partial charge on any atom is 0.338 e. The Hall–Kier alpha value is -4.57. The third kappa shape index (κ3) is 3.70. The molecule has 3 aromatic rings. The second-order valence-corrected chi connectivity index (χ2v) is 9.86. The molecule has 198 valence electrons. The largest absolute Gasteiger partial charge is 0.508 e. The molecule has 39 heavy (non-hydrogen) atoms. The molecule has 0 aromatic heterocycles. The van der Waals surface area contributed by atoms with Gasteiger partial charge in [-0.05, 0) is 73.5 Å². The fourth-order valence-corrected chi connectivity index (χ4v) is 6.05. The number of aromatic hydroxyl groups is 1. The Kier molecular flexibility index (Phi) is 5.72. The number of amides is 3. The number of nitrogens with zero attached hydrogens (tertiary/aromatic N) is 1. The summed E-state index contributed by atoms with van der Waals surface area (Å²) in [7, 11) is 0. The minimum atomic E-state index is -1.66. The van der Waals surface area contributed by atoms with Crippen molar-refractivity contribution in [3.05, 3.63) is 89.2 Å². The smallest absolute Gasteiger partial charge is 0.338 e. The maximum atomic E-state index is 14.4. The summed E-state index contributed by atoms with van der Waals surface area (Å²) in [5.74, 6) is -4.73. The predicted octanol–water partition coefficient (Wildman–Crippen LogP) is 2.88. The zero-order valence-corrected chi connectivity index (χ0v) is 20.8. The van der Waals surface area contributed by atoms with E-state index in [-0.39, 0.29) is 35.6 Å². The first-order chi connectivity index (χ1) is 18.7. The highest BCUT2D eigenvalue weighted by atomic mass is 19.1. The molecule has 3 heterocycles. The lowest BCUT2D eigenvalue weighted by Crippen LogP contribution is -2.53. The molecule has 3 N–H and O–H groups in total. The molecule has 3 aliphatic rings. The van der Waals surface area contributed by atoms with Crippen molar-refractivity contribution in [2.75, 3.05) is 16.8 Å². The van der Waals surface area contributed by atoms with Crippen LogP contribution in [0.25, 0.3) is 0 Å². The zero-order chi connectivity index (χ0) is 27.5. The van der Waals surface area contributed by atoms with Crippen LogP contribution in [0.1, 0.15) is 28.4 Å². The molecule has 0 aliphatic carbocycles. The molecule has 0 unspecified atom stereocenters. The van der Waals surface area contributed by atoms with Gasteiger partial charge in [-0.2, -0.15) is 0 Å². The number of phenols is 1. The van der Waals surface area contributed by atoms with E-state index in [1.807, 2.05) is 0 Å². The van der Waals surface area contributed by atoms with E-state index in [1.165, 1.54) is 54.6 Å². The Balaban J connectivity index is 1.43. The molecule has 10 heteroatoms. The molecule has 9 nitrogen and oxygen atoms in total. The van der Waals surface area contributed by atoms with E-state index >= 15 is 0 Å². The maximum absolute atomic E-state index is 14.4. The average Bonchev–Trinajstić information content (AvgIpc) is 3.50. The van der Waals surface area contributed by atoms with Crippen molar-refractivity contribution < 1.29 is 33.4 Å². The van der Waals surface area contributed by atoms with Gasteiger partial charge in [-0.25, -0.2) is 14.1 Å². The van der Waals surface area contributed by atoms with Crippen LogP contribution in [0.3, 0.4) is 0 Å². The van der Waals surface area contributed by atoms with Crippen LogP contribution in [0.15, 0.2) is 66.7 Å². The lowest BCUT2D eigenvalue weighted by Gasteiger charge is -2.29. The molecule has 0 radical (unpaired) electrons. The minimum Gasteiger partial charge on any atom is -0.508 e. The fraction of sp³-hybridized carbons (Fsp3) is 0.241. The van der Waals surface area contributed by atoms with Crippen molar-refractivity contribution in [1.82, 2.24) is 5.32 Å². The molecule has 2 saturated heterocycles. The SMILES string of the molecule is CCOC(=O)c1ccc(N2C(=O)[C@H]3[C@@H](C2=O)[C@]2(N[C@@H]3Cc3ccc(O)cc3)C(=O)Nc3ccc(F)cc32)cc1. The van der Waals surface area contributed by atoms with Gasteiger partial charge in [0, 0.05) is 17.3 Å². The van der Waals surface area contributed by atoms with Crippen molar-refractivity contribution in [3.8, 4) is 5.75 Å². The van der Waals surface area contributed by atoms with Crippen LogP contribution in [-0.4, -0.2) is 41.4 Å². The number of hydrogen-bond donors (Lipinski definition) is 3. The molecule has 0 saturated carbocycles. The van der Waals surface area contributed by atoms with Crippen LogP contribution in [0.4, 0.5) is 15.8 Å². The van der Waals surface area contributed by atoms with Crippen LogP contribution in [0.5, 0.6) is 5.75 Å². The number of nitrogens with one attached hydrogen (secondary N) is 2. The Morgan fingerprint density at radius 1 is 1.03 bits per heavy atom. The van der Waals surface area contributed by atoms with Gasteiger partial charge in [0.25, 0.3) is 0 Å². The minimum absolute atomic E-state index is 0.0802. The van der Waals surface area contributed by atoms with E-state index in [9.17, 15) is 28.7 Å². The van der Waals surface area contributed by atoms with E-state index in [1.54, 1.807) is 19.1 Å². The summed E-state index contributed by atoms with van der Waals surface area (Å²) in [6.45, 7) is 1.89. The number of hydrogen-bond acceptors (Lipinski definition) is 7. The number of imide groups is 1. The summed E-state index contributed by atoms with van der Waals surface area (Å²) >= 11 is 0. The second kappa shape index (κ2) is 9.02. The zero-order valence-electron chi connectivity index (χ0n) is 20.8. The lowest BCUT2D eigenvalue weighted by atomic mass is 9.76. The molecule has 1 spiro atoms. The predicted molar refractivity (Wildman–Crippen MR) is 137 cm³/mol. The summed E-state index contributed by atoms with van der Waals surface area (Å²) in [5, 5.41) is 15.7. The molecular formula is C29H24FN3O6. The lowest BCUT2D eigenvalue weighted by molar-refractivity contribution is -0.130. The van der Waals surface area contributed by atoms with E-state index in [0.29, 0.717) is 5.69 Å². The van der Waals surface area contributed by atoms with Gasteiger partial charge in [0.2, 0.25) is 17.7 Å². The number of carbonyl (C=O) groups is 4. The van der Waals surface area contributed by atoms with E-state index in [0.717, 1.165) is 10.5 Å².